The minimum Gasteiger partial charge on any atom is -0.350 e. The van der Waals surface area contributed by atoms with E-state index in [-0.39, 0.29) is 11.3 Å². The SMILES string of the molecule is CCCCCC(C)(C)CNC(=O)c1cccc(Cl)n1. The lowest BCUT2D eigenvalue weighted by Crippen LogP contribution is -2.34. The Labute approximate surface area is 120 Å². The first-order chi connectivity index (χ1) is 8.94. The molecule has 19 heavy (non-hydrogen) atoms. The summed E-state index contributed by atoms with van der Waals surface area (Å²) >= 11 is 5.77. The van der Waals surface area contributed by atoms with Gasteiger partial charge in [0, 0.05) is 6.54 Å². The van der Waals surface area contributed by atoms with Crippen molar-refractivity contribution in [1.29, 1.82) is 0 Å². The third kappa shape index (κ3) is 6.06. The molecule has 0 aliphatic rings. The molecule has 0 unspecified atom stereocenters. The van der Waals surface area contributed by atoms with Crippen molar-refractivity contribution in [1.82, 2.24) is 10.3 Å². The standard InChI is InChI=1S/C15H23ClN2O/c1-4-5-6-10-15(2,3)11-17-14(19)12-8-7-9-13(16)18-12/h7-9H,4-6,10-11H2,1-3H3,(H,17,19). The van der Waals surface area contributed by atoms with Gasteiger partial charge in [-0.15, -0.1) is 0 Å². The second-order valence-corrected chi connectivity index (χ2v) is 6.04. The number of carbonyl (C=O) groups excluding carboxylic acids is 1. The van der Waals surface area contributed by atoms with Gasteiger partial charge in [-0.25, -0.2) is 4.98 Å². The molecule has 0 bridgehead atoms. The molecule has 0 atom stereocenters. The maximum Gasteiger partial charge on any atom is 0.269 e. The van der Waals surface area contributed by atoms with Crippen molar-refractivity contribution < 1.29 is 4.79 Å². The summed E-state index contributed by atoms with van der Waals surface area (Å²) in [4.78, 5) is 15.9. The molecule has 1 heterocycles. The first-order valence-corrected chi connectivity index (χ1v) is 7.23. The van der Waals surface area contributed by atoms with E-state index in [2.05, 4.69) is 31.1 Å². The van der Waals surface area contributed by atoms with Crippen LogP contribution < -0.4 is 5.32 Å². The molecule has 3 nitrogen and oxygen atoms in total. The van der Waals surface area contributed by atoms with Crippen LogP contribution in [0.2, 0.25) is 5.15 Å². The van der Waals surface area contributed by atoms with E-state index in [9.17, 15) is 4.79 Å². The Morgan fingerprint density at radius 3 is 2.74 bits per heavy atom. The minimum absolute atomic E-state index is 0.114. The quantitative estimate of drug-likeness (QED) is 0.605. The fraction of sp³-hybridized carbons (Fsp3) is 0.600. The summed E-state index contributed by atoms with van der Waals surface area (Å²) in [6.45, 7) is 7.20. The molecule has 1 amide bonds. The van der Waals surface area contributed by atoms with Gasteiger partial charge in [-0.2, -0.15) is 0 Å². The number of hydrogen-bond donors (Lipinski definition) is 1. The number of rotatable bonds is 7. The summed E-state index contributed by atoms with van der Waals surface area (Å²) in [5, 5.41) is 3.28. The summed E-state index contributed by atoms with van der Waals surface area (Å²) in [6, 6.07) is 5.06. The Morgan fingerprint density at radius 1 is 1.37 bits per heavy atom. The van der Waals surface area contributed by atoms with Crippen LogP contribution in [0.25, 0.3) is 0 Å². The van der Waals surface area contributed by atoms with E-state index in [0.717, 1.165) is 6.42 Å². The van der Waals surface area contributed by atoms with Crippen LogP contribution in [0.5, 0.6) is 0 Å². The number of halogens is 1. The van der Waals surface area contributed by atoms with Crippen molar-refractivity contribution in [3.05, 3.63) is 29.0 Å². The number of amides is 1. The number of nitrogens with zero attached hydrogens (tertiary/aromatic N) is 1. The lowest BCUT2D eigenvalue weighted by Gasteiger charge is -2.24. The second kappa shape index (κ2) is 7.49. The molecule has 106 valence electrons. The second-order valence-electron chi connectivity index (χ2n) is 5.65. The van der Waals surface area contributed by atoms with Crippen LogP contribution >= 0.6 is 11.6 Å². The Morgan fingerprint density at radius 2 is 2.11 bits per heavy atom. The highest BCUT2D eigenvalue weighted by Gasteiger charge is 2.19. The van der Waals surface area contributed by atoms with E-state index in [1.54, 1.807) is 18.2 Å². The first-order valence-electron chi connectivity index (χ1n) is 6.85. The summed E-state index contributed by atoms with van der Waals surface area (Å²) in [5.41, 5.74) is 0.487. The van der Waals surface area contributed by atoms with E-state index in [0.29, 0.717) is 17.4 Å². The van der Waals surface area contributed by atoms with Gasteiger partial charge in [0.25, 0.3) is 5.91 Å². The van der Waals surface area contributed by atoms with Crippen LogP contribution in [0.3, 0.4) is 0 Å². The van der Waals surface area contributed by atoms with Crippen molar-refractivity contribution in [2.24, 2.45) is 5.41 Å². The maximum absolute atomic E-state index is 11.9. The predicted molar refractivity (Wildman–Crippen MR) is 79.5 cm³/mol. The Hall–Kier alpha value is -1.09. The molecule has 1 rings (SSSR count). The van der Waals surface area contributed by atoms with Crippen LogP contribution in [-0.4, -0.2) is 17.4 Å². The maximum atomic E-state index is 11.9. The van der Waals surface area contributed by atoms with Crippen LogP contribution in [0.15, 0.2) is 18.2 Å². The van der Waals surface area contributed by atoms with E-state index in [1.165, 1.54) is 19.3 Å². The molecule has 1 N–H and O–H groups in total. The van der Waals surface area contributed by atoms with Crippen molar-refractivity contribution in [2.75, 3.05) is 6.54 Å². The van der Waals surface area contributed by atoms with Gasteiger partial charge in [-0.3, -0.25) is 4.79 Å². The van der Waals surface area contributed by atoms with Crippen LogP contribution in [0, 0.1) is 5.41 Å². The fourth-order valence-electron chi connectivity index (χ4n) is 1.89. The Balaban J connectivity index is 2.45. The zero-order valence-corrected chi connectivity index (χ0v) is 12.8. The molecular weight excluding hydrogens is 260 g/mol. The number of pyridine rings is 1. The number of aromatic nitrogens is 1. The molecule has 1 aromatic rings. The first kappa shape index (κ1) is 16.0. The average Bonchev–Trinajstić information content (AvgIpc) is 2.36. The summed E-state index contributed by atoms with van der Waals surface area (Å²) < 4.78 is 0. The van der Waals surface area contributed by atoms with Crippen molar-refractivity contribution in [2.45, 2.75) is 46.5 Å². The molecule has 0 fully saturated rings. The third-order valence-corrected chi connectivity index (χ3v) is 3.34. The minimum atomic E-state index is -0.161. The number of unbranched alkanes of at least 4 members (excludes halogenated alkanes) is 2. The molecule has 0 aliphatic heterocycles. The normalized spacial score (nSPS) is 11.4. The van der Waals surface area contributed by atoms with Gasteiger partial charge in [-0.05, 0) is 24.0 Å². The lowest BCUT2D eigenvalue weighted by molar-refractivity contribution is 0.0929. The van der Waals surface area contributed by atoms with Gasteiger partial charge in [0.05, 0.1) is 0 Å². The zero-order valence-electron chi connectivity index (χ0n) is 12.0. The monoisotopic (exact) mass is 282 g/mol. The van der Waals surface area contributed by atoms with Gasteiger partial charge in [0.2, 0.25) is 0 Å². The highest BCUT2D eigenvalue weighted by atomic mass is 35.5. The molecular formula is C15H23ClN2O. The summed E-state index contributed by atoms with van der Waals surface area (Å²) in [7, 11) is 0. The smallest absolute Gasteiger partial charge is 0.269 e. The van der Waals surface area contributed by atoms with Crippen LogP contribution in [-0.2, 0) is 0 Å². The third-order valence-electron chi connectivity index (χ3n) is 3.13. The highest BCUT2D eigenvalue weighted by molar-refractivity contribution is 6.29. The van der Waals surface area contributed by atoms with Crippen LogP contribution in [0.1, 0.15) is 56.9 Å². The van der Waals surface area contributed by atoms with Crippen molar-refractivity contribution in [3.8, 4) is 0 Å². The molecule has 0 saturated heterocycles. The molecule has 1 aromatic heterocycles. The van der Waals surface area contributed by atoms with E-state index in [4.69, 9.17) is 11.6 Å². The number of nitrogens with one attached hydrogen (secondary N) is 1. The van der Waals surface area contributed by atoms with Gasteiger partial charge in [0.1, 0.15) is 10.8 Å². The topological polar surface area (TPSA) is 42.0 Å². The molecule has 0 aromatic carbocycles. The van der Waals surface area contributed by atoms with E-state index < -0.39 is 0 Å². The molecule has 0 spiro atoms. The Kier molecular flexibility index (Phi) is 6.29. The lowest BCUT2D eigenvalue weighted by atomic mass is 9.87. The zero-order chi connectivity index (χ0) is 14.3. The summed E-state index contributed by atoms with van der Waals surface area (Å²) in [6.07, 6.45) is 4.78. The molecule has 4 heteroatoms. The summed E-state index contributed by atoms with van der Waals surface area (Å²) in [5.74, 6) is -0.161. The van der Waals surface area contributed by atoms with E-state index >= 15 is 0 Å². The number of carbonyl (C=O) groups is 1. The van der Waals surface area contributed by atoms with Gasteiger partial charge in [-0.1, -0.05) is 57.7 Å². The largest absolute Gasteiger partial charge is 0.350 e. The molecule has 0 saturated carbocycles. The average molecular weight is 283 g/mol. The van der Waals surface area contributed by atoms with Gasteiger partial charge >= 0.3 is 0 Å². The van der Waals surface area contributed by atoms with E-state index in [1.807, 2.05) is 0 Å². The van der Waals surface area contributed by atoms with Crippen molar-refractivity contribution in [3.63, 3.8) is 0 Å². The van der Waals surface area contributed by atoms with Gasteiger partial charge in [0.15, 0.2) is 0 Å². The fourth-order valence-corrected chi connectivity index (χ4v) is 2.05. The number of hydrogen-bond acceptors (Lipinski definition) is 2. The predicted octanol–water partition coefficient (Wildman–Crippen LogP) is 4.07. The highest BCUT2D eigenvalue weighted by Crippen LogP contribution is 2.22. The van der Waals surface area contributed by atoms with Crippen LogP contribution in [0.4, 0.5) is 0 Å². The van der Waals surface area contributed by atoms with Crippen molar-refractivity contribution >= 4 is 17.5 Å². The Bertz CT molecular complexity index is 418. The molecule has 0 aliphatic carbocycles. The van der Waals surface area contributed by atoms with Gasteiger partial charge < -0.3 is 5.32 Å². The molecule has 0 radical (unpaired) electrons.